The van der Waals surface area contributed by atoms with Gasteiger partial charge < -0.3 is 0 Å². The third-order valence-electron chi connectivity index (χ3n) is 4.73. The molecule has 3 aliphatic rings. The molecule has 0 aromatic rings. The Labute approximate surface area is 70.4 Å². The second-order valence-corrected chi connectivity index (χ2v) is 5.43. The Morgan fingerprint density at radius 3 is 2.09 bits per heavy atom. The number of rotatable bonds is 0. The van der Waals surface area contributed by atoms with E-state index in [4.69, 9.17) is 0 Å². The quantitative estimate of drug-likeness (QED) is 0.499. The molecule has 0 spiro atoms. The highest BCUT2D eigenvalue weighted by Crippen LogP contribution is 2.62. The summed E-state index contributed by atoms with van der Waals surface area (Å²) >= 11 is 0. The molecule has 4 atom stereocenters. The summed E-state index contributed by atoms with van der Waals surface area (Å²) in [5, 5.41) is 0. The van der Waals surface area contributed by atoms with E-state index in [0.717, 1.165) is 23.7 Å². The molecule has 0 nitrogen and oxygen atoms in total. The average Bonchev–Trinajstić information content (AvgIpc) is 1.93. The summed E-state index contributed by atoms with van der Waals surface area (Å²) in [7, 11) is 0. The molecule has 0 aromatic carbocycles. The van der Waals surface area contributed by atoms with E-state index in [1.807, 2.05) is 0 Å². The lowest BCUT2D eigenvalue weighted by Gasteiger charge is -2.61. The normalized spacial score (nSPS) is 53.5. The first kappa shape index (κ1) is 7.64. The molecule has 3 fully saturated rings. The fraction of sp³-hybridized carbons (Fsp3) is 1.00. The van der Waals surface area contributed by atoms with Crippen molar-refractivity contribution in [3.05, 3.63) is 0 Å². The highest BCUT2D eigenvalue weighted by atomic mass is 14.6. The summed E-state index contributed by atoms with van der Waals surface area (Å²) in [6, 6.07) is 0. The maximum Gasteiger partial charge on any atom is -0.0295 e. The summed E-state index contributed by atoms with van der Waals surface area (Å²) in [6.45, 7) is 9.81. The molecule has 11 heavy (non-hydrogen) atoms. The van der Waals surface area contributed by atoms with Gasteiger partial charge in [-0.05, 0) is 41.9 Å². The Kier molecular flexibility index (Phi) is 1.41. The van der Waals surface area contributed by atoms with Crippen molar-refractivity contribution in [2.45, 2.75) is 40.5 Å². The highest BCUT2D eigenvalue weighted by Gasteiger charge is 2.54. The summed E-state index contributed by atoms with van der Waals surface area (Å²) in [5.41, 5.74) is 0.686. The van der Waals surface area contributed by atoms with Crippen LogP contribution in [0.3, 0.4) is 0 Å². The van der Waals surface area contributed by atoms with Crippen LogP contribution in [0.4, 0.5) is 0 Å². The van der Waals surface area contributed by atoms with E-state index in [1.165, 1.54) is 12.8 Å². The zero-order valence-electron chi connectivity index (χ0n) is 8.22. The first-order valence-corrected chi connectivity index (χ1v) is 5.03. The van der Waals surface area contributed by atoms with Crippen molar-refractivity contribution in [2.24, 2.45) is 29.1 Å². The third-order valence-corrected chi connectivity index (χ3v) is 4.73. The molecule has 0 aliphatic heterocycles. The van der Waals surface area contributed by atoms with Crippen molar-refractivity contribution in [3.8, 4) is 0 Å². The Bertz CT molecular complexity index is 169. The predicted molar refractivity (Wildman–Crippen MR) is 48.3 cm³/mol. The van der Waals surface area contributed by atoms with Crippen LogP contribution in [0, 0.1) is 29.1 Å². The number of fused-ring (bicyclic) bond motifs is 2. The molecule has 2 unspecified atom stereocenters. The van der Waals surface area contributed by atoms with Gasteiger partial charge in [-0.15, -0.1) is 0 Å². The fourth-order valence-electron chi connectivity index (χ4n) is 3.41. The van der Waals surface area contributed by atoms with Gasteiger partial charge in [-0.25, -0.2) is 0 Å². The zero-order valence-corrected chi connectivity index (χ0v) is 8.22. The summed E-state index contributed by atoms with van der Waals surface area (Å²) in [5.74, 6) is 4.07. The van der Waals surface area contributed by atoms with E-state index in [0.29, 0.717) is 5.41 Å². The van der Waals surface area contributed by atoms with Gasteiger partial charge >= 0.3 is 0 Å². The van der Waals surface area contributed by atoms with Crippen LogP contribution in [0.2, 0.25) is 0 Å². The van der Waals surface area contributed by atoms with Gasteiger partial charge in [0, 0.05) is 0 Å². The standard InChI is InChI=1S/C11H20/c1-7-5-9-6-10(8(7)2)11(9,3)4/h7-10H,5-6H2,1-4H3/t7?,8-,9?,10+/m1/s1. The van der Waals surface area contributed by atoms with Crippen LogP contribution in [-0.4, -0.2) is 0 Å². The van der Waals surface area contributed by atoms with Gasteiger partial charge in [0.15, 0.2) is 0 Å². The van der Waals surface area contributed by atoms with E-state index in [1.54, 1.807) is 0 Å². The second kappa shape index (κ2) is 2.02. The van der Waals surface area contributed by atoms with Crippen LogP contribution in [0.15, 0.2) is 0 Å². The molecule has 64 valence electrons. The van der Waals surface area contributed by atoms with E-state index in [2.05, 4.69) is 27.7 Å². The van der Waals surface area contributed by atoms with Crippen molar-refractivity contribution >= 4 is 0 Å². The molecule has 0 heteroatoms. The first-order chi connectivity index (χ1) is 5.03. The lowest BCUT2D eigenvalue weighted by Crippen LogP contribution is -2.54. The van der Waals surface area contributed by atoms with Crippen molar-refractivity contribution < 1.29 is 0 Å². The van der Waals surface area contributed by atoms with Crippen LogP contribution in [0.25, 0.3) is 0 Å². The molecule has 0 saturated heterocycles. The summed E-state index contributed by atoms with van der Waals surface area (Å²) in [6.07, 6.45) is 3.02. The van der Waals surface area contributed by atoms with Gasteiger partial charge in [0.1, 0.15) is 0 Å². The Morgan fingerprint density at radius 2 is 1.73 bits per heavy atom. The van der Waals surface area contributed by atoms with Crippen LogP contribution < -0.4 is 0 Å². The largest absolute Gasteiger partial charge is 0.0622 e. The van der Waals surface area contributed by atoms with Gasteiger partial charge in [-0.1, -0.05) is 27.7 Å². The van der Waals surface area contributed by atoms with E-state index in [9.17, 15) is 0 Å². The van der Waals surface area contributed by atoms with Gasteiger partial charge in [0.25, 0.3) is 0 Å². The molecule has 0 heterocycles. The average molecular weight is 152 g/mol. The lowest BCUT2D eigenvalue weighted by atomic mass is 9.44. The second-order valence-electron chi connectivity index (χ2n) is 5.43. The Morgan fingerprint density at radius 1 is 1.09 bits per heavy atom. The molecule has 0 aromatic heterocycles. The van der Waals surface area contributed by atoms with Crippen molar-refractivity contribution in [2.75, 3.05) is 0 Å². The monoisotopic (exact) mass is 152 g/mol. The van der Waals surface area contributed by atoms with Gasteiger partial charge in [0.2, 0.25) is 0 Å². The molecule has 3 saturated carbocycles. The smallest absolute Gasteiger partial charge is 0.0295 e. The SMILES string of the molecule is CC1CC2C[C@@H]([C@@H]1C)C2(C)C. The molecular weight excluding hydrogens is 132 g/mol. The summed E-state index contributed by atoms with van der Waals surface area (Å²) < 4.78 is 0. The number of hydrogen-bond acceptors (Lipinski definition) is 0. The maximum absolute atomic E-state index is 2.47. The molecule has 0 N–H and O–H groups in total. The van der Waals surface area contributed by atoms with Crippen LogP contribution in [-0.2, 0) is 0 Å². The van der Waals surface area contributed by atoms with E-state index in [-0.39, 0.29) is 0 Å². The highest BCUT2D eigenvalue weighted by molar-refractivity contribution is 5.03. The maximum atomic E-state index is 2.47. The minimum atomic E-state index is 0.686. The van der Waals surface area contributed by atoms with E-state index < -0.39 is 0 Å². The van der Waals surface area contributed by atoms with Crippen molar-refractivity contribution in [1.82, 2.24) is 0 Å². The van der Waals surface area contributed by atoms with Crippen LogP contribution in [0.1, 0.15) is 40.5 Å². The molecule has 2 bridgehead atoms. The first-order valence-electron chi connectivity index (χ1n) is 5.03. The van der Waals surface area contributed by atoms with Gasteiger partial charge in [0.05, 0.1) is 0 Å². The summed E-state index contributed by atoms with van der Waals surface area (Å²) in [4.78, 5) is 0. The topological polar surface area (TPSA) is 0 Å². The van der Waals surface area contributed by atoms with Crippen LogP contribution >= 0.6 is 0 Å². The predicted octanol–water partition coefficient (Wildman–Crippen LogP) is 3.32. The zero-order chi connectivity index (χ0) is 8.22. The lowest BCUT2D eigenvalue weighted by molar-refractivity contribution is -0.124. The van der Waals surface area contributed by atoms with Gasteiger partial charge in [-0.3, -0.25) is 0 Å². The minimum Gasteiger partial charge on any atom is -0.0622 e. The third kappa shape index (κ3) is 0.816. The molecular formula is C11H20. The molecule has 0 amide bonds. The van der Waals surface area contributed by atoms with Crippen molar-refractivity contribution in [3.63, 3.8) is 0 Å². The van der Waals surface area contributed by atoms with Gasteiger partial charge in [-0.2, -0.15) is 0 Å². The van der Waals surface area contributed by atoms with Crippen molar-refractivity contribution in [1.29, 1.82) is 0 Å². The Hall–Kier alpha value is 0. The molecule has 0 radical (unpaired) electrons. The minimum absolute atomic E-state index is 0.686. The Balaban J connectivity index is 2.17. The molecule has 3 rings (SSSR count). The van der Waals surface area contributed by atoms with E-state index >= 15 is 0 Å². The van der Waals surface area contributed by atoms with Crippen LogP contribution in [0.5, 0.6) is 0 Å². The molecule has 3 aliphatic carbocycles. The number of hydrogen-bond donors (Lipinski definition) is 0. The fourth-order valence-corrected chi connectivity index (χ4v) is 3.41.